The highest BCUT2D eigenvalue weighted by Gasteiger charge is 2.17. The summed E-state index contributed by atoms with van der Waals surface area (Å²) in [6, 6.07) is 4.47. The van der Waals surface area contributed by atoms with Crippen molar-refractivity contribution in [1.82, 2.24) is 5.32 Å². The molecule has 1 heterocycles. The lowest BCUT2D eigenvalue weighted by Crippen LogP contribution is -2.37. The summed E-state index contributed by atoms with van der Waals surface area (Å²) in [7, 11) is 0. The van der Waals surface area contributed by atoms with Crippen LogP contribution >= 0.6 is 24.4 Å². The van der Waals surface area contributed by atoms with Crippen LogP contribution in [-0.2, 0) is 0 Å². The van der Waals surface area contributed by atoms with Gasteiger partial charge in [-0.2, -0.15) is 11.8 Å². The maximum absolute atomic E-state index is 13.0. The van der Waals surface area contributed by atoms with E-state index >= 15 is 0 Å². The van der Waals surface area contributed by atoms with Gasteiger partial charge in [-0.1, -0.05) is 0 Å². The number of thioether (sulfide) groups is 1. The molecule has 0 saturated carbocycles. The fourth-order valence-corrected chi connectivity index (χ4v) is 3.08. The van der Waals surface area contributed by atoms with Crippen LogP contribution < -0.4 is 5.32 Å². The van der Waals surface area contributed by atoms with Gasteiger partial charge in [-0.25, -0.2) is 4.39 Å². The highest BCUT2D eigenvalue weighted by Crippen LogP contribution is 2.18. The number of halogens is 1. The Morgan fingerprint density at radius 2 is 2.12 bits per heavy atom. The number of nitrogens with one attached hydrogen (secondary N) is 1. The number of hydrogen-bond acceptors (Lipinski definition) is 3. The van der Waals surface area contributed by atoms with Crippen molar-refractivity contribution in [2.75, 3.05) is 11.5 Å². The molecule has 2 nitrogen and oxygen atoms in total. The second-order valence-corrected chi connectivity index (χ2v) is 5.73. The topological polar surface area (TPSA) is 29.1 Å². The van der Waals surface area contributed by atoms with E-state index in [0.29, 0.717) is 5.56 Å². The van der Waals surface area contributed by atoms with Crippen molar-refractivity contribution in [2.24, 2.45) is 0 Å². The SMILES string of the molecule is O=C(NC1CCSCC1)c1ccc(F)c(S)c1. The molecule has 1 amide bonds. The molecule has 0 spiro atoms. The summed E-state index contributed by atoms with van der Waals surface area (Å²) in [6.45, 7) is 0. The number of thiol groups is 1. The van der Waals surface area contributed by atoms with Crippen molar-refractivity contribution >= 4 is 30.3 Å². The minimum atomic E-state index is -0.404. The predicted octanol–water partition coefficient (Wildman–Crippen LogP) is 2.74. The van der Waals surface area contributed by atoms with Gasteiger partial charge < -0.3 is 5.32 Å². The van der Waals surface area contributed by atoms with E-state index in [-0.39, 0.29) is 16.8 Å². The van der Waals surface area contributed by atoms with E-state index in [1.165, 1.54) is 18.2 Å². The van der Waals surface area contributed by atoms with Gasteiger partial charge in [-0.15, -0.1) is 12.6 Å². The first-order chi connectivity index (χ1) is 8.16. The second-order valence-electron chi connectivity index (χ2n) is 4.03. The van der Waals surface area contributed by atoms with Crippen molar-refractivity contribution in [2.45, 2.75) is 23.8 Å². The van der Waals surface area contributed by atoms with Gasteiger partial charge in [0.2, 0.25) is 0 Å². The van der Waals surface area contributed by atoms with Gasteiger partial charge >= 0.3 is 0 Å². The summed E-state index contributed by atoms with van der Waals surface area (Å²) in [4.78, 5) is 12.1. The van der Waals surface area contributed by atoms with Crippen LogP contribution in [0, 0.1) is 5.82 Å². The molecule has 1 fully saturated rings. The number of benzene rings is 1. The van der Waals surface area contributed by atoms with E-state index in [0.717, 1.165) is 24.3 Å². The molecule has 0 unspecified atom stereocenters. The Hall–Kier alpha value is -0.680. The van der Waals surface area contributed by atoms with Gasteiger partial charge in [-0.05, 0) is 42.5 Å². The largest absolute Gasteiger partial charge is 0.349 e. The average Bonchev–Trinajstić information content (AvgIpc) is 2.34. The lowest BCUT2D eigenvalue weighted by atomic mass is 10.1. The third-order valence-corrected chi connectivity index (χ3v) is 4.16. The maximum Gasteiger partial charge on any atom is 0.251 e. The van der Waals surface area contributed by atoms with Gasteiger partial charge in [0.25, 0.3) is 5.91 Å². The van der Waals surface area contributed by atoms with Crippen LogP contribution in [0.15, 0.2) is 23.1 Å². The molecule has 0 aromatic heterocycles. The van der Waals surface area contributed by atoms with Gasteiger partial charge in [0.1, 0.15) is 5.82 Å². The van der Waals surface area contributed by atoms with E-state index in [1.807, 2.05) is 11.8 Å². The molecule has 1 aliphatic heterocycles. The smallest absolute Gasteiger partial charge is 0.251 e. The number of carbonyl (C=O) groups excluding carboxylic acids is 1. The van der Waals surface area contributed by atoms with E-state index in [2.05, 4.69) is 17.9 Å². The molecular weight excluding hydrogens is 257 g/mol. The first-order valence-electron chi connectivity index (χ1n) is 5.54. The molecule has 1 aromatic rings. The second kappa shape index (κ2) is 5.78. The zero-order valence-corrected chi connectivity index (χ0v) is 11.0. The van der Waals surface area contributed by atoms with Gasteiger partial charge in [0, 0.05) is 16.5 Å². The summed E-state index contributed by atoms with van der Waals surface area (Å²) in [6.07, 6.45) is 2.01. The van der Waals surface area contributed by atoms with Crippen molar-refractivity contribution in [3.05, 3.63) is 29.6 Å². The highest BCUT2D eigenvalue weighted by molar-refractivity contribution is 7.99. The summed E-state index contributed by atoms with van der Waals surface area (Å²) >= 11 is 5.88. The van der Waals surface area contributed by atoms with Crippen LogP contribution in [0.1, 0.15) is 23.2 Å². The fraction of sp³-hybridized carbons (Fsp3) is 0.417. The third-order valence-electron chi connectivity index (χ3n) is 2.76. The van der Waals surface area contributed by atoms with Crippen LogP contribution in [0.2, 0.25) is 0 Å². The van der Waals surface area contributed by atoms with Crippen LogP contribution in [0.5, 0.6) is 0 Å². The minimum Gasteiger partial charge on any atom is -0.349 e. The Bertz CT molecular complexity index is 419. The molecule has 1 saturated heterocycles. The Labute approximate surface area is 110 Å². The Balaban J connectivity index is 2.01. The first-order valence-corrected chi connectivity index (χ1v) is 7.14. The zero-order valence-electron chi connectivity index (χ0n) is 9.28. The lowest BCUT2D eigenvalue weighted by Gasteiger charge is -2.22. The monoisotopic (exact) mass is 271 g/mol. The molecule has 0 atom stereocenters. The van der Waals surface area contributed by atoms with Crippen LogP contribution in [0.3, 0.4) is 0 Å². The Kier molecular flexibility index (Phi) is 4.34. The average molecular weight is 271 g/mol. The van der Waals surface area contributed by atoms with Crippen LogP contribution in [-0.4, -0.2) is 23.5 Å². The Morgan fingerprint density at radius 1 is 1.41 bits per heavy atom. The molecule has 0 bridgehead atoms. The summed E-state index contributed by atoms with van der Waals surface area (Å²) in [5.74, 6) is 1.63. The molecule has 0 aliphatic carbocycles. The quantitative estimate of drug-likeness (QED) is 0.810. The number of rotatable bonds is 2. The summed E-state index contributed by atoms with van der Waals surface area (Å²) in [5, 5.41) is 2.97. The number of amides is 1. The zero-order chi connectivity index (χ0) is 12.3. The molecule has 0 radical (unpaired) electrons. The molecule has 1 N–H and O–H groups in total. The van der Waals surface area contributed by atoms with Gasteiger partial charge in [-0.3, -0.25) is 4.79 Å². The molecule has 5 heteroatoms. The van der Waals surface area contributed by atoms with Crippen LogP contribution in [0.25, 0.3) is 0 Å². The minimum absolute atomic E-state index is 0.141. The molecule has 1 aliphatic rings. The number of carbonyl (C=O) groups is 1. The molecular formula is C12H14FNOS2. The summed E-state index contributed by atoms with van der Waals surface area (Å²) in [5.41, 5.74) is 0.467. The predicted molar refractivity (Wildman–Crippen MR) is 71.5 cm³/mol. The van der Waals surface area contributed by atoms with Crippen molar-refractivity contribution in [3.63, 3.8) is 0 Å². The van der Waals surface area contributed by atoms with E-state index in [4.69, 9.17) is 0 Å². The van der Waals surface area contributed by atoms with Crippen molar-refractivity contribution < 1.29 is 9.18 Å². The van der Waals surface area contributed by atoms with Crippen LogP contribution in [0.4, 0.5) is 4.39 Å². The molecule has 1 aromatic carbocycles. The van der Waals surface area contributed by atoms with Gasteiger partial charge in [0.15, 0.2) is 0 Å². The first kappa shape index (κ1) is 12.8. The standard InChI is InChI=1S/C12H14FNOS2/c13-10-2-1-8(7-11(10)16)12(15)14-9-3-5-17-6-4-9/h1-2,7,9,16H,3-6H2,(H,14,15). The summed E-state index contributed by atoms with van der Waals surface area (Å²) < 4.78 is 13.0. The maximum atomic E-state index is 13.0. The molecule has 92 valence electrons. The highest BCUT2D eigenvalue weighted by atomic mass is 32.2. The molecule has 17 heavy (non-hydrogen) atoms. The van der Waals surface area contributed by atoms with Crippen molar-refractivity contribution in [1.29, 1.82) is 0 Å². The van der Waals surface area contributed by atoms with Gasteiger partial charge in [0.05, 0.1) is 0 Å². The lowest BCUT2D eigenvalue weighted by molar-refractivity contribution is 0.0934. The van der Waals surface area contributed by atoms with E-state index < -0.39 is 5.82 Å². The van der Waals surface area contributed by atoms with E-state index in [1.54, 1.807) is 0 Å². The third kappa shape index (κ3) is 3.39. The Morgan fingerprint density at radius 3 is 2.76 bits per heavy atom. The van der Waals surface area contributed by atoms with E-state index in [9.17, 15) is 9.18 Å². The molecule has 2 rings (SSSR count). The fourth-order valence-electron chi connectivity index (χ4n) is 1.76. The van der Waals surface area contributed by atoms with Crippen molar-refractivity contribution in [3.8, 4) is 0 Å². The normalized spacial score (nSPS) is 16.8. The number of hydrogen-bond donors (Lipinski definition) is 2.